The van der Waals surface area contributed by atoms with Crippen LogP contribution in [-0.2, 0) is 13.5 Å². The molecular formula is C13H15BrN4O. The van der Waals surface area contributed by atoms with Crippen molar-refractivity contribution in [2.24, 2.45) is 7.05 Å². The van der Waals surface area contributed by atoms with E-state index in [0.29, 0.717) is 23.5 Å². The third-order valence-corrected chi connectivity index (χ3v) is 3.34. The third kappa shape index (κ3) is 2.78. The van der Waals surface area contributed by atoms with Gasteiger partial charge in [0.2, 0.25) is 0 Å². The first kappa shape index (κ1) is 13.6. The van der Waals surface area contributed by atoms with Gasteiger partial charge in [0.15, 0.2) is 0 Å². The van der Waals surface area contributed by atoms with E-state index in [-0.39, 0.29) is 5.91 Å². The van der Waals surface area contributed by atoms with Gasteiger partial charge in [-0.3, -0.25) is 9.48 Å². The van der Waals surface area contributed by atoms with Crippen molar-refractivity contribution >= 4 is 33.2 Å². The van der Waals surface area contributed by atoms with Crippen LogP contribution in [0.4, 0.5) is 11.4 Å². The van der Waals surface area contributed by atoms with Crippen molar-refractivity contribution in [3.05, 3.63) is 40.1 Å². The monoisotopic (exact) mass is 322 g/mol. The molecule has 19 heavy (non-hydrogen) atoms. The number of aryl methyl sites for hydroxylation is 2. The van der Waals surface area contributed by atoms with Gasteiger partial charge in [-0.25, -0.2) is 0 Å². The smallest absolute Gasteiger partial charge is 0.276 e. The van der Waals surface area contributed by atoms with Gasteiger partial charge in [0.05, 0.1) is 11.4 Å². The number of nitrogens with two attached hydrogens (primary N) is 1. The standard InChI is InChI=1S/C13H15BrN4O/c1-3-10-11(15)12(18(2)17-10)13(19)16-9-6-4-8(14)5-7-9/h4-7H,3,15H2,1-2H3,(H,16,19). The van der Waals surface area contributed by atoms with Crippen molar-refractivity contribution in [1.82, 2.24) is 9.78 Å². The van der Waals surface area contributed by atoms with Gasteiger partial charge in [-0.2, -0.15) is 5.10 Å². The van der Waals surface area contributed by atoms with Crippen molar-refractivity contribution in [2.45, 2.75) is 13.3 Å². The highest BCUT2D eigenvalue weighted by Gasteiger charge is 2.18. The molecule has 0 aliphatic carbocycles. The first-order valence-electron chi connectivity index (χ1n) is 5.91. The molecule has 2 aromatic rings. The highest BCUT2D eigenvalue weighted by atomic mass is 79.9. The molecule has 2 rings (SSSR count). The van der Waals surface area contributed by atoms with E-state index in [1.165, 1.54) is 4.68 Å². The summed E-state index contributed by atoms with van der Waals surface area (Å²) in [6.07, 6.45) is 0.700. The average Bonchev–Trinajstić information content (AvgIpc) is 2.67. The lowest BCUT2D eigenvalue weighted by Gasteiger charge is -2.06. The first-order chi connectivity index (χ1) is 9.02. The van der Waals surface area contributed by atoms with E-state index in [1.54, 1.807) is 7.05 Å². The lowest BCUT2D eigenvalue weighted by Crippen LogP contribution is -2.17. The van der Waals surface area contributed by atoms with E-state index in [9.17, 15) is 4.79 Å². The van der Waals surface area contributed by atoms with Crippen LogP contribution in [0.2, 0.25) is 0 Å². The summed E-state index contributed by atoms with van der Waals surface area (Å²) in [6, 6.07) is 7.35. The van der Waals surface area contributed by atoms with Crippen LogP contribution in [0, 0.1) is 0 Å². The fraction of sp³-hybridized carbons (Fsp3) is 0.231. The summed E-state index contributed by atoms with van der Waals surface area (Å²) in [6.45, 7) is 1.95. The lowest BCUT2D eigenvalue weighted by molar-refractivity contribution is 0.101. The topological polar surface area (TPSA) is 72.9 Å². The maximum Gasteiger partial charge on any atom is 0.276 e. The van der Waals surface area contributed by atoms with Crippen LogP contribution in [0.5, 0.6) is 0 Å². The van der Waals surface area contributed by atoms with Crippen LogP contribution < -0.4 is 11.1 Å². The largest absolute Gasteiger partial charge is 0.395 e. The Labute approximate surface area is 119 Å². The molecule has 5 nitrogen and oxygen atoms in total. The van der Waals surface area contributed by atoms with Gasteiger partial charge < -0.3 is 11.1 Å². The van der Waals surface area contributed by atoms with Gasteiger partial charge in [-0.1, -0.05) is 22.9 Å². The molecule has 0 atom stereocenters. The highest BCUT2D eigenvalue weighted by Crippen LogP contribution is 2.19. The zero-order chi connectivity index (χ0) is 14.0. The Morgan fingerprint density at radius 1 is 1.42 bits per heavy atom. The van der Waals surface area contributed by atoms with Crippen molar-refractivity contribution in [1.29, 1.82) is 0 Å². The van der Waals surface area contributed by atoms with Gasteiger partial charge in [-0.05, 0) is 30.7 Å². The SMILES string of the molecule is CCc1nn(C)c(C(=O)Nc2ccc(Br)cc2)c1N. The van der Waals surface area contributed by atoms with Gasteiger partial charge >= 0.3 is 0 Å². The number of nitrogens with one attached hydrogen (secondary N) is 1. The molecule has 1 amide bonds. The number of nitrogens with zero attached hydrogens (tertiary/aromatic N) is 2. The van der Waals surface area contributed by atoms with Gasteiger partial charge in [-0.15, -0.1) is 0 Å². The number of anilines is 2. The molecule has 1 heterocycles. The predicted molar refractivity (Wildman–Crippen MR) is 79.1 cm³/mol. The van der Waals surface area contributed by atoms with E-state index in [0.717, 1.165) is 10.2 Å². The van der Waals surface area contributed by atoms with Crippen LogP contribution in [0.15, 0.2) is 28.7 Å². The Bertz CT molecular complexity index is 604. The predicted octanol–water partition coefficient (Wildman–Crippen LogP) is 2.58. The van der Waals surface area contributed by atoms with E-state index < -0.39 is 0 Å². The van der Waals surface area contributed by atoms with Crippen LogP contribution in [0.1, 0.15) is 23.1 Å². The van der Waals surface area contributed by atoms with Crippen molar-refractivity contribution in [3.63, 3.8) is 0 Å². The molecule has 1 aromatic carbocycles. The van der Waals surface area contributed by atoms with E-state index >= 15 is 0 Å². The summed E-state index contributed by atoms with van der Waals surface area (Å²) in [5.41, 5.74) is 8.23. The maximum atomic E-state index is 12.2. The molecule has 0 saturated carbocycles. The molecule has 3 N–H and O–H groups in total. The molecule has 0 unspecified atom stereocenters. The lowest BCUT2D eigenvalue weighted by atomic mass is 10.2. The van der Waals surface area contributed by atoms with Crippen LogP contribution in [-0.4, -0.2) is 15.7 Å². The molecule has 0 radical (unpaired) electrons. The number of hydrogen-bond donors (Lipinski definition) is 2. The van der Waals surface area contributed by atoms with Crippen molar-refractivity contribution < 1.29 is 4.79 Å². The highest BCUT2D eigenvalue weighted by molar-refractivity contribution is 9.10. The summed E-state index contributed by atoms with van der Waals surface area (Å²) in [7, 11) is 1.71. The summed E-state index contributed by atoms with van der Waals surface area (Å²) in [5.74, 6) is -0.255. The molecule has 6 heteroatoms. The molecule has 1 aromatic heterocycles. The number of nitrogen functional groups attached to an aromatic ring is 1. The third-order valence-electron chi connectivity index (χ3n) is 2.81. The van der Waals surface area contributed by atoms with E-state index in [1.807, 2.05) is 31.2 Å². The number of halogens is 1. The fourth-order valence-corrected chi connectivity index (χ4v) is 2.11. The molecular weight excluding hydrogens is 308 g/mol. The van der Waals surface area contributed by atoms with E-state index in [4.69, 9.17) is 5.73 Å². The summed E-state index contributed by atoms with van der Waals surface area (Å²) in [4.78, 5) is 12.2. The first-order valence-corrected chi connectivity index (χ1v) is 6.70. The summed E-state index contributed by atoms with van der Waals surface area (Å²) >= 11 is 3.35. The number of hydrogen-bond acceptors (Lipinski definition) is 3. The quantitative estimate of drug-likeness (QED) is 0.912. The van der Waals surface area contributed by atoms with Crippen LogP contribution >= 0.6 is 15.9 Å². The second kappa shape index (κ2) is 5.44. The summed E-state index contributed by atoms with van der Waals surface area (Å²) in [5, 5.41) is 7.03. The minimum absolute atomic E-state index is 0.255. The second-order valence-electron chi connectivity index (χ2n) is 4.15. The Balaban J connectivity index is 2.25. The van der Waals surface area contributed by atoms with Gasteiger partial charge in [0.1, 0.15) is 5.69 Å². The minimum atomic E-state index is -0.255. The number of benzene rings is 1. The number of carbonyl (C=O) groups is 1. The molecule has 0 spiro atoms. The Hall–Kier alpha value is -1.82. The number of carbonyl (C=O) groups excluding carboxylic acids is 1. The Kier molecular flexibility index (Phi) is 3.90. The zero-order valence-corrected chi connectivity index (χ0v) is 12.4. The van der Waals surface area contributed by atoms with E-state index in [2.05, 4.69) is 26.3 Å². The number of rotatable bonds is 3. The molecule has 0 aliphatic heterocycles. The molecule has 100 valence electrons. The Morgan fingerprint density at radius 3 is 2.58 bits per heavy atom. The van der Waals surface area contributed by atoms with Crippen molar-refractivity contribution in [3.8, 4) is 0 Å². The average molecular weight is 323 g/mol. The second-order valence-corrected chi connectivity index (χ2v) is 5.06. The zero-order valence-electron chi connectivity index (χ0n) is 10.8. The molecule has 0 bridgehead atoms. The molecule has 0 saturated heterocycles. The number of aromatic nitrogens is 2. The molecule has 0 fully saturated rings. The normalized spacial score (nSPS) is 10.5. The van der Waals surface area contributed by atoms with Crippen LogP contribution in [0.25, 0.3) is 0 Å². The minimum Gasteiger partial charge on any atom is -0.395 e. The van der Waals surface area contributed by atoms with Gasteiger partial charge in [0, 0.05) is 17.2 Å². The van der Waals surface area contributed by atoms with Gasteiger partial charge in [0.25, 0.3) is 5.91 Å². The summed E-state index contributed by atoms with van der Waals surface area (Å²) < 4.78 is 2.47. The maximum absolute atomic E-state index is 12.2. The fourth-order valence-electron chi connectivity index (χ4n) is 1.85. The Morgan fingerprint density at radius 2 is 2.05 bits per heavy atom. The van der Waals surface area contributed by atoms with Crippen LogP contribution in [0.3, 0.4) is 0 Å². The van der Waals surface area contributed by atoms with Crippen molar-refractivity contribution in [2.75, 3.05) is 11.1 Å². The number of amides is 1. The molecule has 0 aliphatic rings.